The van der Waals surface area contributed by atoms with Gasteiger partial charge in [-0.15, -0.1) is 0 Å². The Morgan fingerprint density at radius 3 is 2.61 bits per heavy atom. The van der Waals surface area contributed by atoms with Crippen molar-refractivity contribution in [3.63, 3.8) is 0 Å². The van der Waals surface area contributed by atoms with Crippen LogP contribution in [0.1, 0.15) is 79.0 Å². The second-order valence-corrected chi connectivity index (χ2v) is 12.7. The number of hydrogen-bond donors (Lipinski definition) is 2. The van der Waals surface area contributed by atoms with Crippen molar-refractivity contribution in [3.05, 3.63) is 71.3 Å². The van der Waals surface area contributed by atoms with Crippen LogP contribution in [-0.4, -0.2) is 46.8 Å². The van der Waals surface area contributed by atoms with Crippen LogP contribution in [0.2, 0.25) is 0 Å². The van der Waals surface area contributed by atoms with E-state index in [4.69, 9.17) is 20.2 Å². The van der Waals surface area contributed by atoms with Crippen LogP contribution in [0.4, 0.5) is 4.39 Å². The van der Waals surface area contributed by atoms with E-state index in [2.05, 4.69) is 10.4 Å². The molecule has 0 radical (unpaired) electrons. The Kier molecular flexibility index (Phi) is 7.02. The fourth-order valence-electron chi connectivity index (χ4n) is 6.31. The first-order valence-electron chi connectivity index (χ1n) is 15.3. The zero-order valence-corrected chi connectivity index (χ0v) is 24.9. The van der Waals surface area contributed by atoms with Crippen LogP contribution in [0.5, 0.6) is 11.5 Å². The predicted octanol–water partition coefficient (Wildman–Crippen LogP) is 5.42. The van der Waals surface area contributed by atoms with Crippen molar-refractivity contribution in [1.82, 2.24) is 20.1 Å². The third kappa shape index (κ3) is 5.06. The second kappa shape index (κ2) is 10.9. The van der Waals surface area contributed by atoms with Crippen molar-refractivity contribution in [3.8, 4) is 22.8 Å². The quantitative estimate of drug-likeness (QED) is 0.252. The highest BCUT2D eigenvalue weighted by Crippen LogP contribution is 2.46. The van der Waals surface area contributed by atoms with Crippen molar-refractivity contribution >= 4 is 22.7 Å². The van der Waals surface area contributed by atoms with E-state index in [1.807, 2.05) is 23.0 Å². The fraction of sp³-hybridized carbons (Fsp3) is 0.412. The Balaban J connectivity index is 1.22. The van der Waals surface area contributed by atoms with Gasteiger partial charge in [-0.2, -0.15) is 5.10 Å². The number of halogens is 1. The number of benzene rings is 2. The van der Waals surface area contributed by atoms with Crippen LogP contribution >= 0.6 is 0 Å². The lowest BCUT2D eigenvalue weighted by Gasteiger charge is -2.30. The van der Waals surface area contributed by atoms with Gasteiger partial charge in [0.15, 0.2) is 0 Å². The first kappa shape index (κ1) is 28.3. The molecule has 3 heterocycles. The predicted molar refractivity (Wildman–Crippen MR) is 163 cm³/mol. The zero-order valence-electron chi connectivity index (χ0n) is 24.9. The second-order valence-electron chi connectivity index (χ2n) is 12.7. The average molecular weight is 598 g/mol. The lowest BCUT2D eigenvalue weighted by atomic mass is 9.77. The van der Waals surface area contributed by atoms with Crippen LogP contribution in [0, 0.1) is 11.7 Å². The number of pyridine rings is 1. The third-order valence-electron chi connectivity index (χ3n) is 9.52. The molecule has 3 N–H and O–H groups in total. The summed E-state index contributed by atoms with van der Waals surface area (Å²) in [5.74, 6) is 0.377. The number of aromatic nitrogens is 3. The molecule has 3 aliphatic rings. The number of amides is 2. The molecular weight excluding hydrogens is 561 g/mol. The first-order valence-corrected chi connectivity index (χ1v) is 15.3. The van der Waals surface area contributed by atoms with E-state index < -0.39 is 11.3 Å². The molecular formula is C34H36FN5O4. The lowest BCUT2D eigenvalue weighted by Crippen LogP contribution is -2.40. The Morgan fingerprint density at radius 2 is 1.95 bits per heavy atom. The molecule has 0 saturated heterocycles. The summed E-state index contributed by atoms with van der Waals surface area (Å²) in [6, 6.07) is 12.0. The van der Waals surface area contributed by atoms with E-state index in [0.717, 1.165) is 48.7 Å². The van der Waals surface area contributed by atoms with Crippen LogP contribution in [0.25, 0.3) is 22.2 Å². The molecule has 9 nitrogen and oxygen atoms in total. The maximum absolute atomic E-state index is 13.8. The van der Waals surface area contributed by atoms with Gasteiger partial charge in [0.2, 0.25) is 5.91 Å². The summed E-state index contributed by atoms with van der Waals surface area (Å²) < 4.78 is 27.4. The highest BCUT2D eigenvalue weighted by atomic mass is 19.1. The van der Waals surface area contributed by atoms with E-state index in [1.54, 1.807) is 32.2 Å². The third-order valence-corrected chi connectivity index (χ3v) is 9.52. The summed E-state index contributed by atoms with van der Waals surface area (Å²) in [6.07, 6.45) is 8.47. The summed E-state index contributed by atoms with van der Waals surface area (Å²) in [5.41, 5.74) is 8.71. The summed E-state index contributed by atoms with van der Waals surface area (Å²) in [6.45, 7) is 2.22. The molecule has 10 heteroatoms. The molecule has 228 valence electrons. The molecule has 2 aromatic heterocycles. The Hall–Kier alpha value is -4.47. The largest absolute Gasteiger partial charge is 0.494 e. The monoisotopic (exact) mass is 597 g/mol. The number of nitrogens with two attached hydrogens (primary N) is 1. The number of ether oxygens (including phenoxy) is 2. The Morgan fingerprint density at radius 1 is 1.18 bits per heavy atom. The van der Waals surface area contributed by atoms with Gasteiger partial charge < -0.3 is 20.5 Å². The molecule has 2 atom stereocenters. The van der Waals surface area contributed by atoms with Crippen LogP contribution in [0.3, 0.4) is 0 Å². The van der Waals surface area contributed by atoms with Gasteiger partial charge in [0.05, 0.1) is 13.2 Å². The molecule has 0 spiro atoms. The average Bonchev–Trinajstić information content (AvgIpc) is 3.67. The van der Waals surface area contributed by atoms with Gasteiger partial charge in [-0.25, -0.2) is 9.37 Å². The van der Waals surface area contributed by atoms with E-state index in [-0.39, 0.29) is 24.2 Å². The molecule has 2 fully saturated rings. The van der Waals surface area contributed by atoms with Gasteiger partial charge in [0.1, 0.15) is 40.5 Å². The number of nitrogens with one attached hydrogen (secondary N) is 1. The Labute approximate surface area is 254 Å². The van der Waals surface area contributed by atoms with Gasteiger partial charge in [0.25, 0.3) is 5.91 Å². The van der Waals surface area contributed by atoms with Gasteiger partial charge in [-0.1, -0.05) is 19.3 Å². The first-order chi connectivity index (χ1) is 21.2. The van der Waals surface area contributed by atoms with Crippen molar-refractivity contribution in [2.75, 3.05) is 20.3 Å². The van der Waals surface area contributed by atoms with Crippen molar-refractivity contribution < 1.29 is 23.5 Å². The molecule has 7 rings (SSSR count). The number of primary amides is 1. The molecule has 4 aromatic rings. The molecule has 2 amide bonds. The smallest absolute Gasteiger partial charge is 0.251 e. The van der Waals surface area contributed by atoms with Crippen molar-refractivity contribution in [1.29, 1.82) is 0 Å². The Bertz CT molecular complexity index is 1760. The normalized spacial score (nSPS) is 20.1. The number of carbonyl (C=O) groups is 2. The SMILES string of the molecule is COc1cc(C(=O)NCC(CC2CCC2)c2cc3c(c(-c4ccc(F)cc4)n2)OC[C@]3(C)C(N)=O)cc2cn(C3CC3)nc12. The summed E-state index contributed by atoms with van der Waals surface area (Å²) in [5, 5.41) is 8.70. The standard InChI is InChI=1S/C34H36FN5O4/c1-34(33(36)42)18-44-31-26(34)15-27(38-30(31)20-6-8-24(35)9-7-20)22(12-19-4-3-5-19)16-37-32(41)21-13-23-17-40(25-10-11-25)39-29(23)28(14-21)43-2/h6-9,13-15,17,19,22,25H,3-5,10-12,16,18H2,1-2H3,(H2,36,42)(H,37,41)/t22?,34-/m0/s1. The topological polar surface area (TPSA) is 121 Å². The number of fused-ring (bicyclic) bond motifs is 2. The summed E-state index contributed by atoms with van der Waals surface area (Å²) in [4.78, 5) is 31.3. The van der Waals surface area contributed by atoms with Gasteiger partial charge >= 0.3 is 0 Å². The number of nitrogens with zero attached hydrogens (tertiary/aromatic N) is 3. The van der Waals surface area contributed by atoms with Crippen molar-refractivity contribution in [2.45, 2.75) is 62.8 Å². The summed E-state index contributed by atoms with van der Waals surface area (Å²) >= 11 is 0. The minimum Gasteiger partial charge on any atom is -0.494 e. The van der Waals surface area contributed by atoms with E-state index in [1.165, 1.54) is 18.6 Å². The number of methoxy groups -OCH3 is 1. The number of rotatable bonds is 10. The highest BCUT2D eigenvalue weighted by molar-refractivity contribution is 6.00. The molecule has 1 unspecified atom stereocenters. The molecule has 1 aliphatic heterocycles. The summed E-state index contributed by atoms with van der Waals surface area (Å²) in [7, 11) is 1.59. The molecule has 44 heavy (non-hydrogen) atoms. The molecule has 2 aromatic carbocycles. The minimum atomic E-state index is -1.04. The molecule has 0 bridgehead atoms. The number of carbonyl (C=O) groups excluding carboxylic acids is 2. The van der Waals surface area contributed by atoms with Gasteiger partial charge in [-0.05, 0) is 74.6 Å². The fourth-order valence-corrected chi connectivity index (χ4v) is 6.31. The van der Waals surface area contributed by atoms with Gasteiger partial charge in [0, 0.05) is 46.4 Å². The van der Waals surface area contributed by atoms with E-state index in [0.29, 0.717) is 52.4 Å². The molecule has 2 aliphatic carbocycles. The highest BCUT2D eigenvalue weighted by Gasteiger charge is 2.44. The van der Waals surface area contributed by atoms with Crippen LogP contribution in [-0.2, 0) is 10.2 Å². The van der Waals surface area contributed by atoms with Gasteiger partial charge in [-0.3, -0.25) is 14.3 Å². The maximum Gasteiger partial charge on any atom is 0.251 e. The number of hydrogen-bond acceptors (Lipinski definition) is 6. The van der Waals surface area contributed by atoms with E-state index in [9.17, 15) is 14.0 Å². The molecule has 2 saturated carbocycles. The maximum atomic E-state index is 13.8. The van der Waals surface area contributed by atoms with Crippen LogP contribution < -0.4 is 20.5 Å². The zero-order chi connectivity index (χ0) is 30.6. The van der Waals surface area contributed by atoms with Crippen molar-refractivity contribution in [2.24, 2.45) is 11.7 Å². The lowest BCUT2D eigenvalue weighted by molar-refractivity contribution is -0.123. The van der Waals surface area contributed by atoms with Crippen LogP contribution in [0.15, 0.2) is 48.7 Å². The van der Waals surface area contributed by atoms with E-state index >= 15 is 0 Å². The minimum absolute atomic E-state index is 0.0999.